The zero-order valence-electron chi connectivity index (χ0n) is 7.74. The predicted molar refractivity (Wildman–Crippen MR) is 51.0 cm³/mol. The molecule has 1 aromatic heterocycles. The minimum atomic E-state index is -0.0812. The molecule has 0 aliphatic heterocycles. The Labute approximate surface area is 81.4 Å². The summed E-state index contributed by atoms with van der Waals surface area (Å²) in [6.45, 7) is 1.90. The van der Waals surface area contributed by atoms with Gasteiger partial charge in [0.2, 0.25) is 5.91 Å². The van der Waals surface area contributed by atoms with Crippen LogP contribution in [0.15, 0.2) is 12.3 Å². The van der Waals surface area contributed by atoms with Crippen LogP contribution in [-0.4, -0.2) is 22.6 Å². The van der Waals surface area contributed by atoms with E-state index in [2.05, 4.69) is 15.5 Å². The van der Waals surface area contributed by atoms with E-state index in [4.69, 9.17) is 5.26 Å². The van der Waals surface area contributed by atoms with Gasteiger partial charge < -0.3 is 5.32 Å². The lowest BCUT2D eigenvalue weighted by atomic mass is 10.2. The molecule has 72 valence electrons. The van der Waals surface area contributed by atoms with Crippen LogP contribution >= 0.6 is 0 Å². The molecule has 5 heteroatoms. The minimum absolute atomic E-state index is 0.0812. The Hall–Kier alpha value is -2.09. The van der Waals surface area contributed by atoms with Gasteiger partial charge in [0.25, 0.3) is 0 Å². The molecule has 0 aliphatic carbocycles. The summed E-state index contributed by atoms with van der Waals surface area (Å²) in [7, 11) is 0. The predicted octanol–water partition coefficient (Wildman–Crippen LogP) is 0.431. The second kappa shape index (κ2) is 4.82. The third kappa shape index (κ3) is 2.75. The number of H-pyrrole nitrogens is 1. The van der Waals surface area contributed by atoms with Crippen LogP contribution < -0.4 is 5.32 Å². The zero-order chi connectivity index (χ0) is 10.4. The van der Waals surface area contributed by atoms with Crippen LogP contribution in [0.5, 0.6) is 0 Å². The van der Waals surface area contributed by atoms with Crippen molar-refractivity contribution in [2.45, 2.75) is 6.92 Å². The molecule has 0 aliphatic rings. The van der Waals surface area contributed by atoms with Gasteiger partial charge >= 0.3 is 0 Å². The summed E-state index contributed by atoms with van der Waals surface area (Å²) in [5.74, 6) is -0.0812. The van der Waals surface area contributed by atoms with E-state index in [0.717, 1.165) is 5.56 Å². The fourth-order valence-electron chi connectivity index (χ4n) is 0.900. The van der Waals surface area contributed by atoms with Gasteiger partial charge in [-0.1, -0.05) is 12.2 Å². The average molecular weight is 190 g/mol. The second-order valence-electron chi connectivity index (χ2n) is 2.65. The highest BCUT2D eigenvalue weighted by Gasteiger charge is 1.98. The summed E-state index contributed by atoms with van der Waals surface area (Å²) in [6, 6.07) is 1.97. The van der Waals surface area contributed by atoms with E-state index in [0.29, 0.717) is 12.2 Å². The van der Waals surface area contributed by atoms with E-state index in [9.17, 15) is 4.79 Å². The number of carbonyl (C=O) groups is 1. The lowest BCUT2D eigenvalue weighted by Crippen LogP contribution is -2.19. The van der Waals surface area contributed by atoms with E-state index in [1.807, 2.05) is 6.07 Å². The Morgan fingerprint density at radius 2 is 2.64 bits per heavy atom. The Morgan fingerprint density at radius 1 is 1.86 bits per heavy atom. The molecule has 2 N–H and O–H groups in total. The third-order valence-electron chi connectivity index (χ3n) is 1.55. The maximum atomic E-state index is 10.5. The van der Waals surface area contributed by atoms with Crippen molar-refractivity contribution in [2.24, 2.45) is 0 Å². The quantitative estimate of drug-likeness (QED) is 0.725. The summed E-state index contributed by atoms with van der Waals surface area (Å²) in [6.07, 6.45) is 5.05. The van der Waals surface area contributed by atoms with Gasteiger partial charge in [0.1, 0.15) is 11.8 Å². The molecule has 0 saturated carbocycles. The Balaban J connectivity index is 2.52. The average Bonchev–Trinajstić information content (AvgIpc) is 2.59. The number of hydrogen-bond acceptors (Lipinski definition) is 3. The lowest BCUT2D eigenvalue weighted by Gasteiger charge is -1.93. The molecular formula is C9H10N4O. The van der Waals surface area contributed by atoms with Crippen LogP contribution in [0.3, 0.4) is 0 Å². The largest absolute Gasteiger partial charge is 0.353 e. The first-order valence-corrected chi connectivity index (χ1v) is 4.08. The summed E-state index contributed by atoms with van der Waals surface area (Å²) in [5.41, 5.74) is 1.14. The lowest BCUT2D eigenvalue weighted by molar-refractivity contribution is -0.118. The van der Waals surface area contributed by atoms with E-state index in [1.165, 1.54) is 6.92 Å². The van der Waals surface area contributed by atoms with Crippen molar-refractivity contribution < 1.29 is 4.79 Å². The molecule has 1 aromatic rings. The van der Waals surface area contributed by atoms with E-state index < -0.39 is 0 Å². The number of aromatic nitrogens is 2. The summed E-state index contributed by atoms with van der Waals surface area (Å²) in [4.78, 5) is 10.5. The van der Waals surface area contributed by atoms with Crippen molar-refractivity contribution in [2.75, 3.05) is 6.54 Å². The standard InChI is InChI=1S/C9H10N4O/c1-7(14)11-4-2-3-8-6-12-13-9(8)5-10/h2-3,6H,4H2,1H3,(H,11,14)(H,12,13). The molecule has 5 nitrogen and oxygen atoms in total. The summed E-state index contributed by atoms with van der Waals surface area (Å²) in [5, 5.41) is 17.5. The van der Waals surface area contributed by atoms with Crippen LogP contribution in [0.2, 0.25) is 0 Å². The first-order chi connectivity index (χ1) is 6.74. The fraction of sp³-hybridized carbons (Fsp3) is 0.222. The van der Waals surface area contributed by atoms with Gasteiger partial charge in [0, 0.05) is 19.0 Å². The van der Waals surface area contributed by atoms with E-state index in [1.54, 1.807) is 18.3 Å². The van der Waals surface area contributed by atoms with Crippen molar-refractivity contribution in [3.63, 3.8) is 0 Å². The Bertz CT molecular complexity index is 386. The van der Waals surface area contributed by atoms with Gasteiger partial charge in [-0.05, 0) is 0 Å². The highest BCUT2D eigenvalue weighted by molar-refractivity contribution is 5.73. The molecule has 0 bridgehead atoms. The van der Waals surface area contributed by atoms with Crippen LogP contribution in [-0.2, 0) is 4.79 Å². The molecule has 0 fully saturated rings. The molecule has 0 spiro atoms. The molecule has 0 aromatic carbocycles. The number of hydrogen-bond donors (Lipinski definition) is 2. The van der Waals surface area contributed by atoms with Gasteiger partial charge in [-0.15, -0.1) is 0 Å². The topological polar surface area (TPSA) is 81.6 Å². The fourth-order valence-corrected chi connectivity index (χ4v) is 0.900. The van der Waals surface area contributed by atoms with Crippen molar-refractivity contribution in [1.29, 1.82) is 5.26 Å². The Morgan fingerprint density at radius 3 is 3.29 bits per heavy atom. The maximum Gasteiger partial charge on any atom is 0.217 e. The van der Waals surface area contributed by atoms with Gasteiger partial charge in [0.15, 0.2) is 0 Å². The molecular weight excluding hydrogens is 180 g/mol. The minimum Gasteiger partial charge on any atom is -0.353 e. The maximum absolute atomic E-state index is 10.5. The first kappa shape index (κ1) is 9.99. The zero-order valence-corrected chi connectivity index (χ0v) is 7.74. The molecule has 0 atom stereocenters. The molecule has 1 rings (SSSR count). The summed E-state index contributed by atoms with van der Waals surface area (Å²) < 4.78 is 0. The van der Waals surface area contributed by atoms with Gasteiger partial charge in [-0.3, -0.25) is 9.89 Å². The highest BCUT2D eigenvalue weighted by atomic mass is 16.1. The number of carbonyl (C=O) groups excluding carboxylic acids is 1. The number of nitrogens with zero attached hydrogens (tertiary/aromatic N) is 2. The molecule has 1 heterocycles. The van der Waals surface area contributed by atoms with Crippen molar-refractivity contribution in [3.8, 4) is 6.07 Å². The molecule has 0 unspecified atom stereocenters. The van der Waals surface area contributed by atoms with Crippen LogP contribution in [0.1, 0.15) is 18.2 Å². The van der Waals surface area contributed by atoms with Gasteiger partial charge in [-0.25, -0.2) is 0 Å². The Kier molecular flexibility index (Phi) is 3.44. The first-order valence-electron chi connectivity index (χ1n) is 4.08. The van der Waals surface area contributed by atoms with Gasteiger partial charge in [0.05, 0.1) is 6.20 Å². The third-order valence-corrected chi connectivity index (χ3v) is 1.55. The van der Waals surface area contributed by atoms with Crippen molar-refractivity contribution >= 4 is 12.0 Å². The number of nitrogens with one attached hydrogen (secondary N) is 2. The number of amides is 1. The molecule has 0 radical (unpaired) electrons. The number of nitriles is 1. The SMILES string of the molecule is CC(=O)NCC=Cc1cn[nH]c1C#N. The van der Waals surface area contributed by atoms with Crippen molar-refractivity contribution in [1.82, 2.24) is 15.5 Å². The second-order valence-corrected chi connectivity index (χ2v) is 2.65. The van der Waals surface area contributed by atoms with Crippen molar-refractivity contribution in [3.05, 3.63) is 23.5 Å². The molecule has 0 saturated heterocycles. The van der Waals surface area contributed by atoms with Crippen LogP contribution in [0.4, 0.5) is 0 Å². The number of rotatable bonds is 3. The van der Waals surface area contributed by atoms with E-state index in [-0.39, 0.29) is 5.91 Å². The number of aromatic amines is 1. The monoisotopic (exact) mass is 190 g/mol. The normalized spacial score (nSPS) is 10.0. The molecule has 14 heavy (non-hydrogen) atoms. The van der Waals surface area contributed by atoms with Crippen LogP contribution in [0.25, 0.3) is 6.08 Å². The summed E-state index contributed by atoms with van der Waals surface area (Å²) >= 11 is 0. The smallest absolute Gasteiger partial charge is 0.217 e. The van der Waals surface area contributed by atoms with E-state index >= 15 is 0 Å². The molecule has 1 amide bonds. The van der Waals surface area contributed by atoms with Gasteiger partial charge in [-0.2, -0.15) is 10.4 Å². The highest BCUT2D eigenvalue weighted by Crippen LogP contribution is 2.04. The van der Waals surface area contributed by atoms with Crippen LogP contribution in [0, 0.1) is 11.3 Å².